The van der Waals surface area contributed by atoms with Crippen molar-refractivity contribution in [3.8, 4) is 0 Å². The molecule has 2 unspecified atom stereocenters. The molecule has 8 heteroatoms. The summed E-state index contributed by atoms with van der Waals surface area (Å²) >= 11 is 2.38. The number of anilines is 1. The zero-order chi connectivity index (χ0) is 18.3. The number of morpholine rings is 1. The number of halogens is 1. The van der Waals surface area contributed by atoms with Gasteiger partial charge in [-0.2, -0.15) is 0 Å². The molecule has 2 aliphatic rings. The Hall–Kier alpha value is -0.713. The molecule has 0 saturated carbocycles. The summed E-state index contributed by atoms with van der Waals surface area (Å²) in [6.45, 7) is 10.1. The second-order valence-electron chi connectivity index (χ2n) is 8.51. The maximum Gasteiger partial charge on any atom is 0.148 e. The van der Waals surface area contributed by atoms with Crippen LogP contribution in [0.15, 0.2) is 12.4 Å². The molecule has 2 aromatic rings. The molecular weight excluding hydrogens is 459 g/mol. The minimum atomic E-state index is -1.07. The van der Waals surface area contributed by atoms with E-state index in [2.05, 4.69) is 67.7 Å². The number of ether oxygens (including phenoxy) is 2. The van der Waals surface area contributed by atoms with Gasteiger partial charge >= 0.3 is 0 Å². The van der Waals surface area contributed by atoms with E-state index in [-0.39, 0.29) is 0 Å². The van der Waals surface area contributed by atoms with Crippen LogP contribution in [0.5, 0.6) is 0 Å². The first-order valence-corrected chi connectivity index (χ1v) is 14.2. The van der Waals surface area contributed by atoms with Crippen LogP contribution < -0.4 is 4.90 Å². The molecule has 0 radical (unpaired) electrons. The number of nitrogens with zero attached hydrogens (tertiary/aromatic N) is 4. The van der Waals surface area contributed by atoms with Gasteiger partial charge in [0.15, 0.2) is 0 Å². The lowest BCUT2D eigenvalue weighted by atomic mass is 10.2. The average Bonchev–Trinajstić information content (AvgIpc) is 3.03. The van der Waals surface area contributed by atoms with E-state index >= 15 is 0 Å². The molecule has 2 aliphatic heterocycles. The Labute approximate surface area is 169 Å². The monoisotopic (exact) mass is 486 g/mol. The predicted octanol–water partition coefficient (Wildman–Crippen LogP) is 3.72. The molecule has 2 saturated heterocycles. The molecular formula is C18H27IN4O2Si. The molecule has 0 spiro atoms. The molecule has 6 nitrogen and oxygen atoms in total. The molecule has 2 fully saturated rings. The van der Waals surface area contributed by atoms with Crippen LogP contribution >= 0.6 is 22.6 Å². The molecule has 26 heavy (non-hydrogen) atoms. The summed E-state index contributed by atoms with van der Waals surface area (Å²) in [5, 5.41) is 1.13. The Balaban J connectivity index is 1.58. The molecule has 0 aliphatic carbocycles. The van der Waals surface area contributed by atoms with Crippen LogP contribution in [0.4, 0.5) is 5.82 Å². The first-order valence-electron chi connectivity index (χ1n) is 9.37. The highest BCUT2D eigenvalue weighted by molar-refractivity contribution is 14.1. The van der Waals surface area contributed by atoms with Crippen molar-refractivity contribution in [2.75, 3.05) is 24.7 Å². The lowest BCUT2D eigenvalue weighted by Gasteiger charge is -2.35. The number of hydrogen-bond acceptors (Lipinski definition) is 5. The Morgan fingerprint density at radius 2 is 1.96 bits per heavy atom. The van der Waals surface area contributed by atoms with Gasteiger partial charge in [-0.05, 0) is 47.5 Å². The summed E-state index contributed by atoms with van der Waals surface area (Å²) in [6.07, 6.45) is 4.07. The molecule has 142 valence electrons. The summed E-state index contributed by atoms with van der Waals surface area (Å²) in [5.41, 5.74) is 0.971. The molecule has 2 aromatic heterocycles. The van der Waals surface area contributed by atoms with E-state index in [0.717, 1.165) is 40.4 Å². The van der Waals surface area contributed by atoms with Crippen LogP contribution in [0.3, 0.4) is 0 Å². The largest absolute Gasteiger partial charge is 0.377 e. The van der Waals surface area contributed by atoms with Gasteiger partial charge < -0.3 is 14.4 Å². The maximum atomic E-state index is 5.98. The van der Waals surface area contributed by atoms with E-state index in [1.54, 1.807) is 6.33 Å². The highest BCUT2D eigenvalue weighted by atomic mass is 127. The van der Waals surface area contributed by atoms with Crippen LogP contribution in [-0.4, -0.2) is 54.5 Å². The zero-order valence-corrected chi connectivity index (χ0v) is 18.9. The summed E-state index contributed by atoms with van der Waals surface area (Å²) in [4.78, 5) is 11.7. The standard InChI is InChI=1S/C18H27IN4O2Si/c1-26(2,3)7-6-24-12-22-16(19)8-15-17(22)20-11-21-18(15)23-13-4-5-14(23)10-25-9-13/h8,11,13-14H,4-7,9-10,12H2,1-3H3. The van der Waals surface area contributed by atoms with Gasteiger partial charge in [0.25, 0.3) is 0 Å². The van der Waals surface area contributed by atoms with Crippen molar-refractivity contribution in [2.24, 2.45) is 0 Å². The zero-order valence-electron chi connectivity index (χ0n) is 15.7. The van der Waals surface area contributed by atoms with Crippen molar-refractivity contribution in [3.63, 3.8) is 0 Å². The molecule has 2 bridgehead atoms. The van der Waals surface area contributed by atoms with E-state index in [9.17, 15) is 0 Å². The number of hydrogen-bond donors (Lipinski definition) is 0. The molecule has 0 aromatic carbocycles. The average molecular weight is 486 g/mol. The quantitative estimate of drug-likeness (QED) is 0.354. The van der Waals surface area contributed by atoms with E-state index in [0.29, 0.717) is 18.8 Å². The van der Waals surface area contributed by atoms with Gasteiger partial charge in [0, 0.05) is 14.7 Å². The van der Waals surface area contributed by atoms with Gasteiger partial charge in [-0.3, -0.25) is 4.57 Å². The number of rotatable bonds is 6. The summed E-state index contributed by atoms with van der Waals surface area (Å²) < 4.78 is 15.0. The third kappa shape index (κ3) is 3.65. The fourth-order valence-electron chi connectivity index (χ4n) is 3.86. The van der Waals surface area contributed by atoms with Gasteiger partial charge in [-0.1, -0.05) is 19.6 Å². The lowest BCUT2D eigenvalue weighted by Crippen LogP contribution is -2.46. The Kier molecular flexibility index (Phi) is 5.28. The van der Waals surface area contributed by atoms with Gasteiger partial charge in [-0.25, -0.2) is 9.97 Å². The minimum absolute atomic E-state index is 0.445. The van der Waals surface area contributed by atoms with E-state index in [1.807, 2.05) is 0 Å². The third-order valence-corrected chi connectivity index (χ3v) is 7.92. The van der Waals surface area contributed by atoms with Crippen LogP contribution in [0, 0.1) is 3.70 Å². The van der Waals surface area contributed by atoms with Gasteiger partial charge in [-0.15, -0.1) is 0 Å². The highest BCUT2D eigenvalue weighted by Gasteiger charge is 2.39. The Morgan fingerprint density at radius 3 is 2.65 bits per heavy atom. The fourth-order valence-corrected chi connectivity index (χ4v) is 5.29. The smallest absolute Gasteiger partial charge is 0.148 e. The van der Waals surface area contributed by atoms with E-state index in [1.165, 1.54) is 18.9 Å². The first-order chi connectivity index (χ1) is 12.4. The number of fused-ring (bicyclic) bond motifs is 3. The number of aromatic nitrogens is 3. The van der Waals surface area contributed by atoms with Crippen molar-refractivity contribution in [2.45, 2.75) is 57.3 Å². The molecule has 0 amide bonds. The van der Waals surface area contributed by atoms with Crippen LogP contribution in [-0.2, 0) is 16.2 Å². The Bertz CT molecular complexity index is 775. The topological polar surface area (TPSA) is 52.4 Å². The van der Waals surface area contributed by atoms with E-state index in [4.69, 9.17) is 9.47 Å². The van der Waals surface area contributed by atoms with Crippen molar-refractivity contribution in [1.29, 1.82) is 0 Å². The van der Waals surface area contributed by atoms with Crippen LogP contribution in [0.1, 0.15) is 12.8 Å². The molecule has 0 N–H and O–H groups in total. The van der Waals surface area contributed by atoms with Crippen molar-refractivity contribution in [1.82, 2.24) is 14.5 Å². The minimum Gasteiger partial charge on any atom is -0.377 e. The normalized spacial score (nSPS) is 23.2. The van der Waals surface area contributed by atoms with Gasteiger partial charge in [0.1, 0.15) is 24.5 Å². The summed E-state index contributed by atoms with van der Waals surface area (Å²) in [6, 6.07) is 4.27. The van der Waals surface area contributed by atoms with E-state index < -0.39 is 8.07 Å². The van der Waals surface area contributed by atoms with Crippen LogP contribution in [0.25, 0.3) is 11.0 Å². The van der Waals surface area contributed by atoms with Crippen molar-refractivity contribution >= 4 is 47.5 Å². The molecule has 4 rings (SSSR count). The fraction of sp³-hybridized carbons (Fsp3) is 0.667. The SMILES string of the molecule is C[Si](C)(C)CCOCn1c(I)cc2c(N3C4CCC3COC4)ncnc21. The summed E-state index contributed by atoms with van der Waals surface area (Å²) in [5.74, 6) is 1.06. The van der Waals surface area contributed by atoms with Crippen molar-refractivity contribution in [3.05, 3.63) is 16.1 Å². The summed E-state index contributed by atoms with van der Waals surface area (Å²) in [7, 11) is -1.07. The predicted molar refractivity (Wildman–Crippen MR) is 114 cm³/mol. The van der Waals surface area contributed by atoms with Gasteiger partial charge in [0.2, 0.25) is 0 Å². The lowest BCUT2D eigenvalue weighted by molar-refractivity contribution is 0.0882. The highest BCUT2D eigenvalue weighted by Crippen LogP contribution is 2.37. The molecule has 4 heterocycles. The van der Waals surface area contributed by atoms with Crippen molar-refractivity contribution < 1.29 is 9.47 Å². The second-order valence-corrected chi connectivity index (χ2v) is 15.2. The third-order valence-electron chi connectivity index (χ3n) is 5.32. The Morgan fingerprint density at radius 1 is 1.23 bits per heavy atom. The van der Waals surface area contributed by atoms with Gasteiger partial charge in [0.05, 0.1) is 34.4 Å². The second kappa shape index (κ2) is 7.37. The molecule has 2 atom stereocenters. The maximum absolute atomic E-state index is 5.98. The first kappa shape index (κ1) is 18.6. The van der Waals surface area contributed by atoms with Crippen LogP contribution in [0.2, 0.25) is 25.7 Å².